The molecule has 0 spiro atoms. The first-order chi connectivity index (χ1) is 24.0. The summed E-state index contributed by atoms with van der Waals surface area (Å²) in [6, 6.07) is 23.3. The van der Waals surface area contributed by atoms with E-state index in [2.05, 4.69) is 15.6 Å². The molecule has 1 saturated heterocycles. The smallest absolute Gasteiger partial charge is 0.337 e. The summed E-state index contributed by atoms with van der Waals surface area (Å²) < 4.78 is 41.0. The summed E-state index contributed by atoms with van der Waals surface area (Å²) in [7, 11) is 1.38. The number of benzene rings is 3. The number of carbonyl (C=O) groups excluding carboxylic acids is 1. The molecule has 0 saturated carbocycles. The summed E-state index contributed by atoms with van der Waals surface area (Å²) in [5.41, 5.74) is 7.73. The predicted molar refractivity (Wildman–Crippen MR) is 180 cm³/mol. The molecule has 5 heterocycles. The van der Waals surface area contributed by atoms with Crippen molar-refractivity contribution in [1.29, 1.82) is 0 Å². The lowest BCUT2D eigenvalue weighted by molar-refractivity contribution is -0.0589. The van der Waals surface area contributed by atoms with Crippen LogP contribution in [0.1, 0.15) is 45.7 Å². The first-order valence-corrected chi connectivity index (χ1v) is 16.4. The molecule has 248 valence electrons. The van der Waals surface area contributed by atoms with Crippen LogP contribution >= 0.6 is 0 Å². The molecule has 6 aromatic rings. The molecule has 3 aromatic heterocycles. The number of halogens is 1. The van der Waals surface area contributed by atoms with E-state index in [4.69, 9.17) is 28.9 Å². The van der Waals surface area contributed by atoms with E-state index in [0.29, 0.717) is 37.6 Å². The number of esters is 1. The van der Waals surface area contributed by atoms with Crippen LogP contribution in [0.5, 0.6) is 11.6 Å². The zero-order valence-corrected chi connectivity index (χ0v) is 27.0. The Morgan fingerprint density at radius 3 is 2.73 bits per heavy atom. The summed E-state index contributed by atoms with van der Waals surface area (Å²) in [5, 5.41) is 0. The lowest BCUT2D eigenvalue weighted by atomic mass is 10.0. The van der Waals surface area contributed by atoms with Gasteiger partial charge in [-0.05, 0) is 72.9 Å². The van der Waals surface area contributed by atoms with Gasteiger partial charge in [0, 0.05) is 35.9 Å². The van der Waals surface area contributed by atoms with Gasteiger partial charge in [0.1, 0.15) is 24.5 Å². The second-order valence-corrected chi connectivity index (χ2v) is 12.3. The Labute approximate surface area is 282 Å². The van der Waals surface area contributed by atoms with Gasteiger partial charge in [-0.2, -0.15) is 4.39 Å². The van der Waals surface area contributed by atoms with E-state index >= 15 is 0 Å². The molecule has 8 rings (SSSR count). The lowest BCUT2D eigenvalue weighted by Crippen LogP contribution is -2.31. The second kappa shape index (κ2) is 13.2. The maximum Gasteiger partial charge on any atom is 0.337 e. The number of hydrogen-bond acceptors (Lipinski definition) is 8. The Morgan fingerprint density at radius 1 is 1.00 bits per heavy atom. The summed E-state index contributed by atoms with van der Waals surface area (Å²) in [4.78, 5) is 25.9. The molecule has 1 atom stereocenters. The Hall–Kier alpha value is -5.55. The van der Waals surface area contributed by atoms with Crippen LogP contribution in [0.4, 0.5) is 4.39 Å². The molecule has 10 nitrogen and oxygen atoms in total. The molecule has 4 bridgehead atoms. The van der Waals surface area contributed by atoms with E-state index in [9.17, 15) is 9.18 Å². The monoisotopic (exact) mass is 659 g/mol. The van der Waals surface area contributed by atoms with E-state index in [1.54, 1.807) is 10.6 Å². The molecule has 0 unspecified atom stereocenters. The van der Waals surface area contributed by atoms with Crippen molar-refractivity contribution in [2.24, 2.45) is 0 Å². The van der Waals surface area contributed by atoms with Crippen LogP contribution in [0.2, 0.25) is 0 Å². The minimum Gasteiger partial charge on any atom is -0.493 e. The highest BCUT2D eigenvalue weighted by molar-refractivity contribution is 5.93. The number of carbonyl (C=O) groups is 1. The van der Waals surface area contributed by atoms with Crippen molar-refractivity contribution in [3.63, 3.8) is 0 Å². The highest BCUT2D eigenvalue weighted by atomic mass is 19.1. The van der Waals surface area contributed by atoms with E-state index < -0.39 is 5.95 Å². The van der Waals surface area contributed by atoms with Crippen LogP contribution in [-0.4, -0.2) is 56.5 Å². The molecule has 11 heteroatoms. The average Bonchev–Trinajstić information content (AvgIpc) is 3.69. The van der Waals surface area contributed by atoms with E-state index in [1.807, 2.05) is 60.7 Å². The Morgan fingerprint density at radius 2 is 1.92 bits per heavy atom. The molecule has 0 aliphatic carbocycles. The van der Waals surface area contributed by atoms with Gasteiger partial charge >= 0.3 is 5.97 Å². The number of ether oxygens (including phenoxy) is 4. The van der Waals surface area contributed by atoms with Crippen LogP contribution in [0, 0.1) is 5.95 Å². The molecule has 0 amide bonds. The highest BCUT2D eigenvalue weighted by Gasteiger charge is 2.23. The van der Waals surface area contributed by atoms with Gasteiger partial charge in [-0.25, -0.2) is 19.7 Å². The fourth-order valence-corrected chi connectivity index (χ4v) is 6.39. The third kappa shape index (κ3) is 6.37. The number of rotatable bonds is 6. The molecular weight excluding hydrogens is 625 g/mol. The zero-order chi connectivity index (χ0) is 33.3. The van der Waals surface area contributed by atoms with Crippen LogP contribution in [-0.2, 0) is 35.5 Å². The third-order valence-electron chi connectivity index (χ3n) is 9.13. The van der Waals surface area contributed by atoms with Crippen molar-refractivity contribution in [2.75, 3.05) is 20.3 Å². The second-order valence-electron chi connectivity index (χ2n) is 12.3. The van der Waals surface area contributed by atoms with Crippen molar-refractivity contribution in [3.8, 4) is 28.6 Å². The van der Waals surface area contributed by atoms with Crippen LogP contribution in [0.3, 0.4) is 0 Å². The van der Waals surface area contributed by atoms with Gasteiger partial charge in [0.2, 0.25) is 11.8 Å². The number of fused-ring (bicyclic) bond motifs is 7. The minimum atomic E-state index is -0.529. The molecular formula is C38H34FN5O5. The summed E-state index contributed by atoms with van der Waals surface area (Å²) in [6.45, 7) is 2.20. The van der Waals surface area contributed by atoms with E-state index in [0.717, 1.165) is 82.1 Å². The summed E-state index contributed by atoms with van der Waals surface area (Å²) in [5.74, 6) is 1.20. The summed E-state index contributed by atoms with van der Waals surface area (Å²) >= 11 is 0. The maximum absolute atomic E-state index is 13.7. The van der Waals surface area contributed by atoms with Gasteiger partial charge in [-0.15, -0.1) is 0 Å². The Kier molecular flexibility index (Phi) is 8.26. The zero-order valence-electron chi connectivity index (χ0n) is 27.0. The molecule has 2 aliphatic heterocycles. The first-order valence-electron chi connectivity index (χ1n) is 16.4. The number of nitrogens with zero attached hydrogens (tertiary/aromatic N) is 5. The fourth-order valence-electron chi connectivity index (χ4n) is 6.39. The molecule has 0 N–H and O–H groups in total. The average molecular weight is 660 g/mol. The molecule has 49 heavy (non-hydrogen) atoms. The van der Waals surface area contributed by atoms with E-state index in [-0.39, 0.29) is 12.1 Å². The highest BCUT2D eigenvalue weighted by Crippen LogP contribution is 2.32. The molecule has 3 aromatic carbocycles. The minimum absolute atomic E-state index is 0.0892. The van der Waals surface area contributed by atoms with E-state index in [1.165, 1.54) is 19.6 Å². The number of imidazole rings is 2. The van der Waals surface area contributed by atoms with Crippen molar-refractivity contribution in [3.05, 3.63) is 119 Å². The SMILES string of the molecule is COC(=O)c1ccc2nc(Cc3ccc4cc3OCCCc3cc(-n5cnc(F)c5)ccc3COc3cccc-4n3)n(C[C@@H]3CCO3)c2c1. The number of aromatic nitrogens is 5. The molecule has 2 aliphatic rings. The van der Waals surface area contributed by atoms with Gasteiger partial charge in [0.05, 0.1) is 54.9 Å². The third-order valence-corrected chi connectivity index (χ3v) is 9.13. The number of pyridine rings is 1. The van der Waals surface area contributed by atoms with Crippen LogP contribution in [0.25, 0.3) is 28.0 Å². The van der Waals surface area contributed by atoms with Crippen LogP contribution in [0.15, 0.2) is 85.3 Å². The van der Waals surface area contributed by atoms with Gasteiger partial charge in [0.15, 0.2) is 0 Å². The maximum atomic E-state index is 13.7. The van der Waals surface area contributed by atoms with Gasteiger partial charge in [-0.1, -0.05) is 24.3 Å². The summed E-state index contributed by atoms with van der Waals surface area (Å²) in [6.07, 6.45) is 5.87. The largest absolute Gasteiger partial charge is 0.493 e. The Balaban J connectivity index is 1.13. The standard InChI is InChI=1S/C38H34FN5O5/c1-46-38(45)27-10-12-32-33(17-27)44(20-30-13-15-47-30)36(41-32)19-26-8-7-25-18-34(26)48-14-3-4-24-16-29(43-21-35(39)40-23-43)11-9-28(24)22-49-37-6-2-5-31(25)42-37/h2,5-12,16-18,21,23,30H,3-4,13-15,19-20,22H2,1H3/t30-/m0/s1. The van der Waals surface area contributed by atoms with Gasteiger partial charge < -0.3 is 28.1 Å². The van der Waals surface area contributed by atoms with Crippen LogP contribution < -0.4 is 9.47 Å². The number of hydrogen-bond donors (Lipinski definition) is 0. The van der Waals surface area contributed by atoms with Crippen molar-refractivity contribution in [2.45, 2.75) is 44.9 Å². The quantitative estimate of drug-likeness (QED) is 0.187. The lowest BCUT2D eigenvalue weighted by Gasteiger charge is -2.27. The van der Waals surface area contributed by atoms with Crippen molar-refractivity contribution < 1.29 is 28.1 Å². The predicted octanol–water partition coefficient (Wildman–Crippen LogP) is 6.49. The topological polar surface area (TPSA) is 103 Å². The first kappa shape index (κ1) is 30.8. The molecule has 1 fully saturated rings. The fraction of sp³-hybridized carbons (Fsp3) is 0.263. The number of aryl methyl sites for hydroxylation is 1. The van der Waals surface area contributed by atoms with Gasteiger partial charge in [0.25, 0.3) is 0 Å². The Bertz CT molecular complexity index is 2170. The van der Waals surface area contributed by atoms with Crippen molar-refractivity contribution >= 4 is 17.0 Å². The van der Waals surface area contributed by atoms with Crippen molar-refractivity contribution in [1.82, 2.24) is 24.1 Å². The van der Waals surface area contributed by atoms with Gasteiger partial charge in [-0.3, -0.25) is 0 Å². The molecule has 0 radical (unpaired) electrons. The normalized spacial score (nSPS) is 15.8. The number of methoxy groups -OCH3 is 1.